The number of nitrogens with zero attached hydrogens (tertiary/aromatic N) is 3. The van der Waals surface area contributed by atoms with Gasteiger partial charge in [0.2, 0.25) is 5.91 Å². The van der Waals surface area contributed by atoms with Crippen molar-refractivity contribution in [3.05, 3.63) is 29.3 Å². The average Bonchev–Trinajstić information content (AvgIpc) is 2.83. The van der Waals surface area contributed by atoms with Crippen molar-refractivity contribution in [1.82, 2.24) is 9.80 Å². The zero-order chi connectivity index (χ0) is 26.1. The first-order valence-electron chi connectivity index (χ1n) is 13.9. The van der Waals surface area contributed by atoms with Crippen LogP contribution in [0.1, 0.15) is 101 Å². The third-order valence-electron chi connectivity index (χ3n) is 7.74. The summed E-state index contributed by atoms with van der Waals surface area (Å²) in [6.45, 7) is 8.47. The highest BCUT2D eigenvalue weighted by molar-refractivity contribution is 5.98. The zero-order valence-electron chi connectivity index (χ0n) is 22.5. The van der Waals surface area contributed by atoms with Gasteiger partial charge in [-0.15, -0.1) is 0 Å². The van der Waals surface area contributed by atoms with E-state index < -0.39 is 5.97 Å². The molecule has 200 valence electrons. The molecule has 1 N–H and O–H groups in total. The second kappa shape index (κ2) is 13.8. The number of benzene rings is 1. The molecule has 36 heavy (non-hydrogen) atoms. The molecule has 2 aliphatic rings. The largest absolute Gasteiger partial charge is 0.480 e. The summed E-state index contributed by atoms with van der Waals surface area (Å²) in [6, 6.07) is 5.91. The molecule has 2 amide bonds. The quantitative estimate of drug-likeness (QED) is 0.573. The normalized spacial score (nSPS) is 18.7. The van der Waals surface area contributed by atoms with Crippen LogP contribution >= 0.6 is 0 Å². The number of rotatable bonds is 6. The molecule has 0 radical (unpaired) electrons. The van der Waals surface area contributed by atoms with Crippen LogP contribution in [-0.4, -0.2) is 64.9 Å². The first-order chi connectivity index (χ1) is 17.3. The minimum atomic E-state index is -0.987. The second-order valence-electron chi connectivity index (χ2n) is 10.9. The number of amides is 2. The fourth-order valence-corrected chi connectivity index (χ4v) is 5.66. The van der Waals surface area contributed by atoms with Gasteiger partial charge in [0.25, 0.3) is 5.91 Å². The Hall–Kier alpha value is -2.41. The van der Waals surface area contributed by atoms with Crippen LogP contribution in [0.5, 0.6) is 0 Å². The number of carboxylic acid groups (broad SMARTS) is 1. The predicted octanol–water partition coefficient (Wildman–Crippen LogP) is 5.32. The van der Waals surface area contributed by atoms with E-state index in [0.29, 0.717) is 37.2 Å². The molecule has 7 nitrogen and oxygen atoms in total. The van der Waals surface area contributed by atoms with Gasteiger partial charge in [-0.05, 0) is 75.8 Å². The Bertz CT molecular complexity index is 895. The van der Waals surface area contributed by atoms with Gasteiger partial charge in [0.15, 0.2) is 0 Å². The number of carboxylic acids is 1. The van der Waals surface area contributed by atoms with Crippen molar-refractivity contribution >= 4 is 23.5 Å². The SMILES string of the molecule is CC(=O)N1CCCCCCCN(C(C)C)Cc2cc(C(=O)N(CC(=O)O)CC3CCCCC3)ccc21. The Labute approximate surface area is 216 Å². The summed E-state index contributed by atoms with van der Waals surface area (Å²) in [6.07, 6.45) is 11.1. The van der Waals surface area contributed by atoms with E-state index in [1.54, 1.807) is 13.0 Å². The zero-order valence-corrected chi connectivity index (χ0v) is 22.5. The topological polar surface area (TPSA) is 81.2 Å². The fourth-order valence-electron chi connectivity index (χ4n) is 5.66. The Morgan fingerprint density at radius 2 is 1.61 bits per heavy atom. The summed E-state index contributed by atoms with van der Waals surface area (Å²) in [7, 11) is 0. The Kier molecular flexibility index (Phi) is 10.8. The highest BCUT2D eigenvalue weighted by Crippen LogP contribution is 2.28. The maximum Gasteiger partial charge on any atom is 0.323 e. The van der Waals surface area contributed by atoms with E-state index in [-0.39, 0.29) is 18.4 Å². The monoisotopic (exact) mass is 499 g/mol. The first-order valence-corrected chi connectivity index (χ1v) is 13.9. The van der Waals surface area contributed by atoms with Crippen LogP contribution in [-0.2, 0) is 16.1 Å². The minimum absolute atomic E-state index is 0.00767. The van der Waals surface area contributed by atoms with Crippen molar-refractivity contribution in [2.45, 2.75) is 97.6 Å². The lowest BCUT2D eigenvalue weighted by atomic mass is 9.89. The molecule has 0 unspecified atom stereocenters. The molecule has 0 spiro atoms. The number of anilines is 1. The van der Waals surface area contributed by atoms with Crippen molar-refractivity contribution in [3.8, 4) is 0 Å². The molecule has 1 aliphatic heterocycles. The summed E-state index contributed by atoms with van der Waals surface area (Å²) >= 11 is 0. The van der Waals surface area contributed by atoms with E-state index in [0.717, 1.165) is 62.7 Å². The molecule has 7 heteroatoms. The van der Waals surface area contributed by atoms with E-state index in [4.69, 9.17) is 0 Å². The Morgan fingerprint density at radius 3 is 2.25 bits per heavy atom. The van der Waals surface area contributed by atoms with Crippen LogP contribution in [0.4, 0.5) is 5.69 Å². The maximum absolute atomic E-state index is 13.6. The lowest BCUT2D eigenvalue weighted by Gasteiger charge is -2.32. The van der Waals surface area contributed by atoms with Gasteiger partial charge in [0.05, 0.1) is 0 Å². The van der Waals surface area contributed by atoms with Gasteiger partial charge in [-0.3, -0.25) is 19.3 Å². The molecule has 0 saturated heterocycles. The number of carbonyl (C=O) groups excluding carboxylic acids is 2. The van der Waals surface area contributed by atoms with Crippen LogP contribution < -0.4 is 4.90 Å². The van der Waals surface area contributed by atoms with Gasteiger partial charge in [0.1, 0.15) is 6.54 Å². The standard InChI is InChI=1S/C29H45N3O4/c1-22(2)30-16-10-5-4-6-11-17-32(23(3)33)27-15-14-25(18-26(27)20-30)29(36)31(21-28(34)35)19-24-12-8-7-9-13-24/h14-15,18,22,24H,4-13,16-17,19-21H2,1-3H3,(H,34,35). The fraction of sp³-hybridized carbons (Fsp3) is 0.690. The van der Waals surface area contributed by atoms with Crippen molar-refractivity contribution in [1.29, 1.82) is 0 Å². The third-order valence-corrected chi connectivity index (χ3v) is 7.74. The molecule has 0 atom stereocenters. The van der Waals surface area contributed by atoms with Crippen molar-refractivity contribution in [2.24, 2.45) is 5.92 Å². The number of aliphatic carboxylic acids is 1. The summed E-state index contributed by atoms with van der Waals surface area (Å²) in [5, 5.41) is 9.52. The predicted molar refractivity (Wildman–Crippen MR) is 143 cm³/mol. The summed E-state index contributed by atoms with van der Waals surface area (Å²) in [5.74, 6) is -0.856. The van der Waals surface area contributed by atoms with E-state index in [1.807, 2.05) is 17.0 Å². The number of hydrogen-bond donors (Lipinski definition) is 1. The van der Waals surface area contributed by atoms with Crippen LogP contribution in [0, 0.1) is 5.92 Å². The van der Waals surface area contributed by atoms with E-state index in [1.165, 1.54) is 24.2 Å². The molecule has 3 rings (SSSR count). The Morgan fingerprint density at radius 1 is 0.972 bits per heavy atom. The van der Waals surface area contributed by atoms with Crippen LogP contribution in [0.15, 0.2) is 18.2 Å². The molecule has 1 fully saturated rings. The molecular formula is C29H45N3O4. The van der Waals surface area contributed by atoms with Gasteiger partial charge in [-0.2, -0.15) is 0 Å². The molecular weight excluding hydrogens is 454 g/mol. The van der Waals surface area contributed by atoms with Crippen molar-refractivity contribution in [3.63, 3.8) is 0 Å². The minimum Gasteiger partial charge on any atom is -0.480 e. The number of hydrogen-bond acceptors (Lipinski definition) is 4. The van der Waals surface area contributed by atoms with E-state index >= 15 is 0 Å². The maximum atomic E-state index is 13.6. The van der Waals surface area contributed by atoms with E-state index in [2.05, 4.69) is 18.7 Å². The van der Waals surface area contributed by atoms with E-state index in [9.17, 15) is 19.5 Å². The highest BCUT2D eigenvalue weighted by atomic mass is 16.4. The van der Waals surface area contributed by atoms with Gasteiger partial charge in [-0.25, -0.2) is 0 Å². The summed E-state index contributed by atoms with van der Waals surface area (Å²) in [5.41, 5.74) is 2.32. The van der Waals surface area contributed by atoms with Gasteiger partial charge < -0.3 is 14.9 Å². The van der Waals surface area contributed by atoms with Gasteiger partial charge in [0, 0.05) is 43.9 Å². The molecule has 1 saturated carbocycles. The summed E-state index contributed by atoms with van der Waals surface area (Å²) in [4.78, 5) is 43.6. The van der Waals surface area contributed by atoms with Crippen LogP contribution in [0.2, 0.25) is 0 Å². The number of fused-ring (bicyclic) bond motifs is 1. The highest BCUT2D eigenvalue weighted by Gasteiger charge is 2.26. The number of carbonyl (C=O) groups is 3. The van der Waals surface area contributed by atoms with Crippen molar-refractivity contribution in [2.75, 3.05) is 31.1 Å². The molecule has 1 aliphatic carbocycles. The molecule has 1 aromatic rings. The van der Waals surface area contributed by atoms with Crippen molar-refractivity contribution < 1.29 is 19.5 Å². The van der Waals surface area contributed by atoms with Gasteiger partial charge in [-0.1, -0.05) is 38.5 Å². The second-order valence-corrected chi connectivity index (χ2v) is 10.9. The third kappa shape index (κ3) is 8.05. The first kappa shape index (κ1) is 28.2. The lowest BCUT2D eigenvalue weighted by molar-refractivity contribution is -0.137. The summed E-state index contributed by atoms with van der Waals surface area (Å²) < 4.78 is 0. The molecule has 1 heterocycles. The van der Waals surface area contributed by atoms with Crippen LogP contribution in [0.3, 0.4) is 0 Å². The van der Waals surface area contributed by atoms with Crippen LogP contribution in [0.25, 0.3) is 0 Å². The molecule has 0 bridgehead atoms. The van der Waals surface area contributed by atoms with Gasteiger partial charge >= 0.3 is 5.97 Å². The molecule has 0 aromatic heterocycles. The lowest BCUT2D eigenvalue weighted by Crippen LogP contribution is -2.40. The smallest absolute Gasteiger partial charge is 0.323 e. The average molecular weight is 500 g/mol. The molecule has 1 aromatic carbocycles. The Balaban J connectivity index is 1.95.